The molecule has 49 heavy (non-hydrogen) atoms. The second-order valence-electron chi connectivity index (χ2n) is 12.0. The van der Waals surface area contributed by atoms with E-state index in [4.69, 9.17) is 18.1 Å². The van der Waals surface area contributed by atoms with Gasteiger partial charge in [0.05, 0.1) is 15.1 Å². The summed E-state index contributed by atoms with van der Waals surface area (Å²) < 4.78 is 104. The molecule has 0 aliphatic rings. The molecule has 0 N–H and O–H groups in total. The van der Waals surface area contributed by atoms with Crippen LogP contribution in [0.2, 0.25) is 0 Å². The Labute approximate surface area is 299 Å². The Morgan fingerprint density at radius 1 is 0.347 bits per heavy atom. The van der Waals surface area contributed by atoms with E-state index in [0.717, 1.165) is 43.8 Å². The number of fused-ring (bicyclic) bond motifs is 6. The van der Waals surface area contributed by atoms with E-state index in [1.165, 1.54) is 0 Å². The van der Waals surface area contributed by atoms with Gasteiger partial charge >= 0.3 is 0 Å². The second-order valence-corrected chi connectivity index (χ2v) is 12.0. The maximum atomic E-state index is 9.46. The predicted octanol–water partition coefficient (Wildman–Crippen LogP) is 13.7. The maximum Gasteiger partial charge on any atom is 0.143 e. The van der Waals surface area contributed by atoms with Crippen molar-refractivity contribution in [1.82, 2.24) is 0 Å². The molecule has 228 valence electrons. The van der Waals surface area contributed by atoms with Gasteiger partial charge < -0.3 is 4.42 Å². The van der Waals surface area contributed by atoms with Crippen molar-refractivity contribution in [1.29, 1.82) is 0 Å². The van der Waals surface area contributed by atoms with E-state index in [9.17, 15) is 1.37 Å². The van der Waals surface area contributed by atoms with Crippen LogP contribution in [-0.2, 0) is 0 Å². The number of rotatable bonds is 4. The first-order chi connectivity index (χ1) is 28.9. The summed E-state index contributed by atoms with van der Waals surface area (Å²) in [7, 11) is 0. The Balaban J connectivity index is 1.31. The zero-order chi connectivity index (χ0) is 41.9. The highest BCUT2D eigenvalue weighted by Gasteiger charge is 2.21. The minimum Gasteiger partial charge on any atom is -0.455 e. The summed E-state index contributed by atoms with van der Waals surface area (Å²) in [6.07, 6.45) is 0. The lowest BCUT2D eigenvalue weighted by Crippen LogP contribution is -1.91. The topological polar surface area (TPSA) is 13.1 Å². The van der Waals surface area contributed by atoms with E-state index in [1.54, 1.807) is 0 Å². The minimum atomic E-state index is -0.652. The molecule has 1 nitrogen and oxygen atoms in total. The van der Waals surface area contributed by atoms with Crippen molar-refractivity contribution in [3.63, 3.8) is 0 Å². The molecule has 0 bridgehead atoms. The van der Waals surface area contributed by atoms with E-state index in [1.807, 2.05) is 66.7 Å². The Hall–Kier alpha value is -6.44. The average Bonchev–Trinajstić information content (AvgIpc) is 3.67. The lowest BCUT2D eigenvalue weighted by molar-refractivity contribution is 0.671. The van der Waals surface area contributed by atoms with Crippen molar-refractivity contribution in [2.24, 2.45) is 0 Å². The highest BCUT2D eigenvalue weighted by atomic mass is 16.3. The third kappa shape index (κ3) is 4.40. The summed E-state index contributed by atoms with van der Waals surface area (Å²) in [6, 6.07) is 32.4. The Morgan fingerprint density at radius 2 is 0.918 bits per heavy atom. The van der Waals surface area contributed by atoms with Crippen LogP contribution in [-0.4, -0.2) is 0 Å². The van der Waals surface area contributed by atoms with Crippen LogP contribution < -0.4 is 0 Å². The summed E-state index contributed by atoms with van der Waals surface area (Å²) in [4.78, 5) is 0. The largest absolute Gasteiger partial charge is 0.455 e. The molecule has 0 aliphatic carbocycles. The first kappa shape index (κ1) is 18.8. The highest BCUT2D eigenvalue weighted by molar-refractivity contribution is 6.24. The van der Waals surface area contributed by atoms with Crippen molar-refractivity contribution >= 4 is 54.3 Å². The third-order valence-corrected chi connectivity index (χ3v) is 9.28. The zero-order valence-corrected chi connectivity index (χ0v) is 25.9. The van der Waals surface area contributed by atoms with E-state index in [2.05, 4.69) is 48.5 Å². The molecular weight excluding hydrogens is 593 g/mol. The van der Waals surface area contributed by atoms with Gasteiger partial charge in [0.1, 0.15) is 11.2 Å². The van der Waals surface area contributed by atoms with Crippen molar-refractivity contribution < 1.29 is 19.5 Å². The van der Waals surface area contributed by atoms with Crippen LogP contribution in [0.5, 0.6) is 0 Å². The molecule has 0 saturated carbocycles. The van der Waals surface area contributed by atoms with Crippen molar-refractivity contribution in [2.75, 3.05) is 0 Å². The van der Waals surface area contributed by atoms with Crippen LogP contribution in [0.4, 0.5) is 0 Å². The Bertz CT molecular complexity index is 3430. The molecule has 10 rings (SSSR count). The summed E-state index contributed by atoms with van der Waals surface area (Å²) in [6.45, 7) is 0. The zero-order valence-electron chi connectivity index (χ0n) is 36.9. The van der Waals surface area contributed by atoms with Gasteiger partial charge in [0.15, 0.2) is 0 Å². The van der Waals surface area contributed by atoms with Crippen LogP contribution >= 0.6 is 0 Å². The van der Waals surface area contributed by atoms with Crippen molar-refractivity contribution in [3.8, 4) is 44.5 Å². The van der Waals surface area contributed by atoms with E-state index < -0.39 is 60.4 Å². The molecule has 0 unspecified atom stereocenters. The van der Waals surface area contributed by atoms with Crippen LogP contribution in [0, 0.1) is 0 Å². The lowest BCUT2D eigenvalue weighted by atomic mass is 9.85. The minimum absolute atomic E-state index is 0.0477. The number of benzene rings is 9. The summed E-state index contributed by atoms with van der Waals surface area (Å²) >= 11 is 0. The fourth-order valence-electron chi connectivity index (χ4n) is 7.11. The molecule has 0 fully saturated rings. The molecule has 10 aromatic rings. The SMILES string of the molecule is [2H]c1c([2H])c([2H])c(-c2c([2H])c([2H])c([2H])c3c2oc2c(-c4c5ccccc5c(-c5cccc(-c6ccc7ccccc7c6)c5)c5ccccc45)c([2H])c([2H])c([2H])c23)c([2H])c1[2H]. The van der Waals surface area contributed by atoms with E-state index in [-0.39, 0.29) is 44.7 Å². The second kappa shape index (κ2) is 11.1. The van der Waals surface area contributed by atoms with Gasteiger partial charge in [-0.15, -0.1) is 0 Å². The van der Waals surface area contributed by atoms with Gasteiger partial charge in [-0.25, -0.2) is 0 Å². The van der Waals surface area contributed by atoms with Gasteiger partial charge in [-0.1, -0.05) is 170 Å². The first-order valence-corrected chi connectivity index (χ1v) is 15.9. The van der Waals surface area contributed by atoms with Gasteiger partial charge in [-0.2, -0.15) is 0 Å². The molecule has 0 spiro atoms. The van der Waals surface area contributed by atoms with Gasteiger partial charge in [-0.05, 0) is 72.3 Å². The summed E-state index contributed by atoms with van der Waals surface area (Å²) in [5.41, 5.74) is 3.68. The lowest BCUT2D eigenvalue weighted by Gasteiger charge is -2.18. The fraction of sp³-hybridized carbons (Fsp3) is 0. The fourth-order valence-corrected chi connectivity index (χ4v) is 7.11. The number of hydrogen-bond donors (Lipinski definition) is 0. The monoisotopic (exact) mass is 633 g/mol. The predicted molar refractivity (Wildman–Crippen MR) is 208 cm³/mol. The first-order valence-electron chi connectivity index (χ1n) is 21.4. The molecule has 1 heteroatoms. The van der Waals surface area contributed by atoms with Gasteiger partial charge in [0, 0.05) is 27.5 Å². The number of para-hydroxylation sites is 2. The number of hydrogen-bond acceptors (Lipinski definition) is 1. The molecule has 0 amide bonds. The maximum absolute atomic E-state index is 9.46. The van der Waals surface area contributed by atoms with Crippen LogP contribution in [0.1, 0.15) is 15.1 Å². The van der Waals surface area contributed by atoms with E-state index in [0.29, 0.717) is 16.3 Å². The van der Waals surface area contributed by atoms with Crippen LogP contribution in [0.25, 0.3) is 98.8 Å². The average molecular weight is 634 g/mol. The molecule has 9 aromatic carbocycles. The summed E-state index contributed by atoms with van der Waals surface area (Å²) in [5, 5.41) is 5.23. The smallest absolute Gasteiger partial charge is 0.143 e. The molecule has 0 saturated heterocycles. The van der Waals surface area contributed by atoms with Gasteiger partial charge in [0.2, 0.25) is 0 Å². The van der Waals surface area contributed by atoms with Crippen molar-refractivity contribution in [3.05, 3.63) is 182 Å². The Morgan fingerprint density at radius 3 is 1.63 bits per heavy atom. The highest BCUT2D eigenvalue weighted by Crippen LogP contribution is 2.47. The van der Waals surface area contributed by atoms with Crippen molar-refractivity contribution in [2.45, 2.75) is 0 Å². The molecule has 0 radical (unpaired) electrons. The van der Waals surface area contributed by atoms with Crippen LogP contribution in [0.15, 0.2) is 186 Å². The number of furan rings is 1. The molecule has 0 aliphatic heterocycles. The van der Waals surface area contributed by atoms with E-state index >= 15 is 0 Å². The molecule has 1 aromatic heterocycles. The quantitative estimate of drug-likeness (QED) is 0.176. The molecule has 0 atom stereocenters. The third-order valence-electron chi connectivity index (χ3n) is 9.28. The normalized spacial score (nSPS) is 14.8. The summed E-state index contributed by atoms with van der Waals surface area (Å²) in [5.74, 6) is 0. The standard InChI is InChI=1S/C48H30O/c1-2-14-32(15-3-1)37-23-11-24-42-43-25-12-26-44(48(43)49-47(37)42)46-40-21-8-6-19-38(40)45(39-20-7-9-22-41(39)46)36-18-10-17-34(30-36)35-28-27-31-13-4-5-16-33(31)29-35/h1-30H/i1D,2D,3D,11D,12D,14D,15D,23D,24D,25D,26D. The Kier molecular flexibility index (Phi) is 4.25. The molecule has 1 heterocycles. The van der Waals surface area contributed by atoms with Gasteiger partial charge in [-0.3, -0.25) is 0 Å². The van der Waals surface area contributed by atoms with Crippen LogP contribution in [0.3, 0.4) is 0 Å². The molecular formula is C48H30O. The van der Waals surface area contributed by atoms with Gasteiger partial charge in [0.25, 0.3) is 0 Å².